The Morgan fingerprint density at radius 2 is 2.06 bits per heavy atom. The lowest BCUT2D eigenvalue weighted by atomic mass is 10.2. The third-order valence-electron chi connectivity index (χ3n) is 2.45. The molecule has 2 aromatic rings. The van der Waals surface area contributed by atoms with Crippen LogP contribution in [-0.4, -0.2) is 4.98 Å². The van der Waals surface area contributed by atoms with Crippen LogP contribution in [0.2, 0.25) is 10.2 Å². The number of benzene rings is 1. The summed E-state index contributed by atoms with van der Waals surface area (Å²) in [5.41, 5.74) is 8.84. The quantitative estimate of drug-likeness (QED) is 0.512. The Kier molecular flexibility index (Phi) is 4.38. The molecule has 0 aliphatic carbocycles. The molecule has 1 aromatic heterocycles. The minimum absolute atomic E-state index is 0.406. The first-order chi connectivity index (χ1) is 8.56. The van der Waals surface area contributed by atoms with Crippen molar-refractivity contribution in [1.82, 2.24) is 4.98 Å². The molecule has 18 heavy (non-hydrogen) atoms. The van der Waals surface area contributed by atoms with Gasteiger partial charge in [-0.05, 0) is 36.2 Å². The summed E-state index contributed by atoms with van der Waals surface area (Å²) in [6, 6.07) is 7.63. The summed E-state index contributed by atoms with van der Waals surface area (Å²) in [7, 11) is 0. The summed E-state index contributed by atoms with van der Waals surface area (Å²) >= 11 is 13.5. The molecule has 0 atom stereocenters. The maximum absolute atomic E-state index is 6.10. The number of halogens is 2. The lowest BCUT2D eigenvalue weighted by molar-refractivity contribution is 1.25. The number of aryl methyl sites for hydroxylation is 1. The summed E-state index contributed by atoms with van der Waals surface area (Å²) in [5.74, 6) is 0.719. The molecule has 0 radical (unpaired) electrons. The van der Waals surface area contributed by atoms with Crippen molar-refractivity contribution in [2.75, 3.05) is 5.73 Å². The first-order valence-electron chi connectivity index (χ1n) is 5.35. The van der Waals surface area contributed by atoms with Gasteiger partial charge in [0.2, 0.25) is 0 Å². The maximum Gasteiger partial charge on any atom is 0.130 e. The molecule has 0 unspecified atom stereocenters. The van der Waals surface area contributed by atoms with Gasteiger partial charge in [-0.1, -0.05) is 29.3 Å². The fourth-order valence-corrected chi connectivity index (χ4v) is 3.02. The van der Waals surface area contributed by atoms with E-state index in [-0.39, 0.29) is 0 Å². The molecule has 0 aliphatic heterocycles. The van der Waals surface area contributed by atoms with Gasteiger partial charge in [0, 0.05) is 27.6 Å². The van der Waals surface area contributed by atoms with Crippen molar-refractivity contribution in [2.45, 2.75) is 17.6 Å². The number of rotatable bonds is 3. The number of aromatic nitrogens is 1. The van der Waals surface area contributed by atoms with E-state index in [9.17, 15) is 0 Å². The molecule has 2 N–H and O–H groups in total. The Bertz CT molecular complexity index is 573. The van der Waals surface area contributed by atoms with Gasteiger partial charge in [0.05, 0.1) is 0 Å². The van der Waals surface area contributed by atoms with Crippen molar-refractivity contribution in [1.29, 1.82) is 0 Å². The minimum Gasteiger partial charge on any atom is -0.398 e. The Morgan fingerprint density at radius 3 is 2.78 bits per heavy atom. The van der Waals surface area contributed by atoms with Gasteiger partial charge in [0.25, 0.3) is 0 Å². The zero-order chi connectivity index (χ0) is 13.1. The lowest BCUT2D eigenvalue weighted by Crippen LogP contribution is -1.91. The van der Waals surface area contributed by atoms with Crippen LogP contribution in [-0.2, 0) is 5.75 Å². The van der Waals surface area contributed by atoms with Gasteiger partial charge in [-0.2, -0.15) is 0 Å². The van der Waals surface area contributed by atoms with Crippen molar-refractivity contribution in [3.05, 3.63) is 51.8 Å². The van der Waals surface area contributed by atoms with Gasteiger partial charge in [-0.25, -0.2) is 4.98 Å². The van der Waals surface area contributed by atoms with Crippen LogP contribution >= 0.6 is 35.0 Å². The molecule has 0 saturated carbocycles. The number of nitrogen functional groups attached to an aromatic ring is 1. The third kappa shape index (κ3) is 3.31. The number of thioether (sulfide) groups is 1. The van der Waals surface area contributed by atoms with Crippen LogP contribution < -0.4 is 5.73 Å². The van der Waals surface area contributed by atoms with E-state index in [0.717, 1.165) is 21.9 Å². The predicted octanol–water partition coefficient (Wildman–Crippen LogP) is 4.57. The topological polar surface area (TPSA) is 38.9 Å². The zero-order valence-electron chi connectivity index (χ0n) is 9.78. The fraction of sp³-hybridized carbons (Fsp3) is 0.154. The highest BCUT2D eigenvalue weighted by molar-refractivity contribution is 7.98. The van der Waals surface area contributed by atoms with Crippen molar-refractivity contribution in [3.8, 4) is 0 Å². The Morgan fingerprint density at radius 1 is 1.28 bits per heavy atom. The number of hydrogen-bond acceptors (Lipinski definition) is 3. The second-order valence-electron chi connectivity index (χ2n) is 3.93. The van der Waals surface area contributed by atoms with Gasteiger partial charge in [0.15, 0.2) is 0 Å². The average Bonchev–Trinajstić information content (AvgIpc) is 2.32. The number of nitrogens with zero attached hydrogens (tertiary/aromatic N) is 1. The van der Waals surface area contributed by atoms with E-state index in [1.165, 1.54) is 5.56 Å². The highest BCUT2D eigenvalue weighted by atomic mass is 35.5. The predicted molar refractivity (Wildman–Crippen MR) is 79.4 cm³/mol. The van der Waals surface area contributed by atoms with Crippen LogP contribution in [0.15, 0.2) is 35.4 Å². The first-order valence-corrected chi connectivity index (χ1v) is 7.09. The molecule has 1 aromatic carbocycles. The van der Waals surface area contributed by atoms with Crippen LogP contribution in [0.1, 0.15) is 11.1 Å². The SMILES string of the molecule is Cc1ccc(N)c(SCc2cnc(Cl)cc2Cl)c1. The van der Waals surface area contributed by atoms with E-state index < -0.39 is 0 Å². The first kappa shape index (κ1) is 13.5. The highest BCUT2D eigenvalue weighted by Gasteiger charge is 2.05. The molecule has 0 amide bonds. The van der Waals surface area contributed by atoms with E-state index in [4.69, 9.17) is 28.9 Å². The molecule has 5 heteroatoms. The van der Waals surface area contributed by atoms with E-state index in [2.05, 4.69) is 11.1 Å². The van der Waals surface area contributed by atoms with Gasteiger partial charge in [-0.15, -0.1) is 11.8 Å². The average molecular weight is 299 g/mol. The second-order valence-corrected chi connectivity index (χ2v) is 5.74. The minimum atomic E-state index is 0.406. The van der Waals surface area contributed by atoms with Crippen LogP contribution in [0.5, 0.6) is 0 Å². The van der Waals surface area contributed by atoms with Gasteiger partial charge < -0.3 is 5.73 Å². The molecular weight excluding hydrogens is 287 g/mol. The van der Waals surface area contributed by atoms with Gasteiger partial charge >= 0.3 is 0 Å². The summed E-state index contributed by atoms with van der Waals surface area (Å²) in [4.78, 5) is 5.09. The van der Waals surface area contributed by atoms with Gasteiger partial charge in [-0.3, -0.25) is 0 Å². The number of pyridine rings is 1. The Balaban J connectivity index is 2.13. The Hall–Kier alpha value is -0.900. The normalized spacial score (nSPS) is 10.6. The molecule has 0 fully saturated rings. The van der Waals surface area contributed by atoms with E-state index in [0.29, 0.717) is 10.2 Å². The largest absolute Gasteiger partial charge is 0.398 e. The molecule has 2 rings (SSSR count). The molecule has 0 spiro atoms. The highest BCUT2D eigenvalue weighted by Crippen LogP contribution is 2.31. The number of nitrogens with two attached hydrogens (primary N) is 1. The van der Waals surface area contributed by atoms with E-state index in [1.807, 2.05) is 19.1 Å². The summed E-state index contributed by atoms with van der Waals surface area (Å²) in [6.07, 6.45) is 1.70. The fourth-order valence-electron chi connectivity index (χ4n) is 1.46. The standard InChI is InChI=1S/C13H12Cl2N2S/c1-8-2-3-11(16)12(4-8)18-7-9-6-17-13(15)5-10(9)14/h2-6H,7,16H2,1H3. The third-order valence-corrected chi connectivity index (χ3v) is 4.13. The molecule has 2 nitrogen and oxygen atoms in total. The zero-order valence-corrected chi connectivity index (χ0v) is 12.1. The monoisotopic (exact) mass is 298 g/mol. The van der Waals surface area contributed by atoms with Crippen molar-refractivity contribution >= 4 is 40.7 Å². The van der Waals surface area contributed by atoms with Gasteiger partial charge in [0.1, 0.15) is 5.15 Å². The molecular formula is C13H12Cl2N2S. The van der Waals surface area contributed by atoms with Crippen LogP contribution in [0.3, 0.4) is 0 Å². The molecule has 0 saturated heterocycles. The summed E-state index contributed by atoms with van der Waals surface area (Å²) in [5, 5.41) is 1.04. The molecule has 94 valence electrons. The molecule has 0 bridgehead atoms. The molecule has 0 aliphatic rings. The number of anilines is 1. The van der Waals surface area contributed by atoms with Crippen LogP contribution in [0, 0.1) is 6.92 Å². The Labute approximate surface area is 121 Å². The summed E-state index contributed by atoms with van der Waals surface area (Å²) < 4.78 is 0. The van der Waals surface area contributed by atoms with Crippen LogP contribution in [0.4, 0.5) is 5.69 Å². The second kappa shape index (κ2) is 5.83. The number of hydrogen-bond donors (Lipinski definition) is 1. The van der Waals surface area contributed by atoms with Crippen LogP contribution in [0.25, 0.3) is 0 Å². The maximum atomic E-state index is 6.10. The van der Waals surface area contributed by atoms with Crippen molar-refractivity contribution in [3.63, 3.8) is 0 Å². The van der Waals surface area contributed by atoms with Crippen molar-refractivity contribution < 1.29 is 0 Å². The van der Waals surface area contributed by atoms with E-state index >= 15 is 0 Å². The summed E-state index contributed by atoms with van der Waals surface area (Å²) in [6.45, 7) is 2.04. The lowest BCUT2D eigenvalue weighted by Gasteiger charge is -2.07. The smallest absolute Gasteiger partial charge is 0.130 e. The molecule has 1 heterocycles. The van der Waals surface area contributed by atoms with E-state index in [1.54, 1.807) is 24.0 Å². The van der Waals surface area contributed by atoms with Crippen molar-refractivity contribution in [2.24, 2.45) is 0 Å².